The molecule has 1 unspecified atom stereocenters. The average molecular weight is 232 g/mol. The van der Waals surface area contributed by atoms with Crippen molar-refractivity contribution in [2.45, 2.75) is 19.9 Å². The highest BCUT2D eigenvalue weighted by atomic mass is 15.2. The van der Waals surface area contributed by atoms with Gasteiger partial charge in [0.15, 0.2) is 0 Å². The van der Waals surface area contributed by atoms with Crippen LogP contribution in [0.1, 0.15) is 13.8 Å². The predicted molar refractivity (Wildman–Crippen MR) is 72.0 cm³/mol. The van der Waals surface area contributed by atoms with Gasteiger partial charge < -0.3 is 15.6 Å². The van der Waals surface area contributed by atoms with E-state index in [0.29, 0.717) is 12.5 Å². The second-order valence-electron chi connectivity index (χ2n) is 4.71. The number of anilines is 1. The monoisotopic (exact) mass is 232 g/mol. The molecule has 0 saturated carbocycles. The number of nitrogens with zero attached hydrogens (tertiary/aromatic N) is 2. The van der Waals surface area contributed by atoms with E-state index in [0.717, 1.165) is 17.0 Å². The average Bonchev–Trinajstić information content (AvgIpc) is 2.63. The summed E-state index contributed by atoms with van der Waals surface area (Å²) in [5.41, 5.74) is 7.91. The molecule has 0 radical (unpaired) electrons. The number of aryl methyl sites for hydroxylation is 1. The second kappa shape index (κ2) is 4.75. The Morgan fingerprint density at radius 1 is 1.35 bits per heavy atom. The number of fused-ring (bicyclic) bond motifs is 1. The number of imidazole rings is 1. The largest absolute Gasteiger partial charge is 0.351 e. The molecule has 0 aliphatic rings. The lowest BCUT2D eigenvalue weighted by molar-refractivity contribution is 0.526. The summed E-state index contributed by atoms with van der Waals surface area (Å²) in [6.07, 6.45) is 0. The van der Waals surface area contributed by atoms with Crippen LogP contribution in [0.5, 0.6) is 0 Å². The van der Waals surface area contributed by atoms with E-state index in [1.54, 1.807) is 0 Å². The van der Waals surface area contributed by atoms with Crippen LogP contribution >= 0.6 is 0 Å². The Hall–Kier alpha value is -1.55. The van der Waals surface area contributed by atoms with Crippen LogP contribution in [0.4, 0.5) is 5.95 Å². The first-order valence-corrected chi connectivity index (χ1v) is 6.01. The number of para-hydroxylation sites is 2. The second-order valence-corrected chi connectivity index (χ2v) is 4.71. The Kier molecular flexibility index (Phi) is 3.33. The Morgan fingerprint density at radius 3 is 2.65 bits per heavy atom. The molecule has 0 bridgehead atoms. The van der Waals surface area contributed by atoms with Crippen LogP contribution in [-0.2, 0) is 7.05 Å². The highest BCUT2D eigenvalue weighted by Crippen LogP contribution is 2.19. The Morgan fingerprint density at radius 2 is 2.06 bits per heavy atom. The van der Waals surface area contributed by atoms with Crippen LogP contribution in [0.25, 0.3) is 11.0 Å². The van der Waals surface area contributed by atoms with Crippen molar-refractivity contribution >= 4 is 17.0 Å². The third-order valence-electron chi connectivity index (χ3n) is 3.16. The quantitative estimate of drug-likeness (QED) is 0.847. The molecule has 3 N–H and O–H groups in total. The summed E-state index contributed by atoms with van der Waals surface area (Å²) in [4.78, 5) is 4.58. The number of hydrogen-bond acceptors (Lipinski definition) is 3. The Bertz CT molecular complexity index is 501. The molecule has 2 rings (SSSR count). The van der Waals surface area contributed by atoms with E-state index in [2.05, 4.69) is 34.8 Å². The van der Waals surface area contributed by atoms with Crippen molar-refractivity contribution in [2.75, 3.05) is 11.9 Å². The van der Waals surface area contributed by atoms with Gasteiger partial charge in [0.25, 0.3) is 0 Å². The summed E-state index contributed by atoms with van der Waals surface area (Å²) in [6.45, 7) is 4.93. The molecule has 0 spiro atoms. The van der Waals surface area contributed by atoms with Crippen molar-refractivity contribution < 1.29 is 0 Å². The van der Waals surface area contributed by atoms with E-state index < -0.39 is 0 Å². The first-order valence-electron chi connectivity index (χ1n) is 6.01. The maximum absolute atomic E-state index is 5.77. The molecule has 4 nitrogen and oxygen atoms in total. The standard InChI is InChI=1S/C13H20N4/c1-9(2)11(8-14)16-13-15-10-6-4-5-7-12(10)17(13)3/h4-7,9,11H,8,14H2,1-3H3,(H,15,16). The van der Waals surface area contributed by atoms with Crippen molar-refractivity contribution in [1.82, 2.24) is 9.55 Å². The van der Waals surface area contributed by atoms with Crippen LogP contribution < -0.4 is 11.1 Å². The zero-order chi connectivity index (χ0) is 12.4. The van der Waals surface area contributed by atoms with Crippen LogP contribution in [0, 0.1) is 5.92 Å². The van der Waals surface area contributed by atoms with Crippen LogP contribution in [0.15, 0.2) is 24.3 Å². The molecule has 1 aromatic heterocycles. The fraction of sp³-hybridized carbons (Fsp3) is 0.462. The number of hydrogen-bond donors (Lipinski definition) is 2. The van der Waals surface area contributed by atoms with Gasteiger partial charge in [-0.1, -0.05) is 26.0 Å². The third kappa shape index (κ3) is 2.26. The summed E-state index contributed by atoms with van der Waals surface area (Å²) in [5.74, 6) is 1.37. The smallest absolute Gasteiger partial charge is 0.203 e. The van der Waals surface area contributed by atoms with Crippen molar-refractivity contribution in [3.8, 4) is 0 Å². The minimum atomic E-state index is 0.255. The normalized spacial score (nSPS) is 13.2. The zero-order valence-corrected chi connectivity index (χ0v) is 10.6. The van der Waals surface area contributed by atoms with E-state index in [9.17, 15) is 0 Å². The first-order chi connectivity index (χ1) is 8.13. The van der Waals surface area contributed by atoms with Crippen LogP contribution in [0.3, 0.4) is 0 Å². The van der Waals surface area contributed by atoms with Crippen molar-refractivity contribution in [3.63, 3.8) is 0 Å². The predicted octanol–water partition coefficient (Wildman–Crippen LogP) is 1.97. The van der Waals surface area contributed by atoms with Gasteiger partial charge in [0, 0.05) is 19.6 Å². The van der Waals surface area contributed by atoms with Gasteiger partial charge >= 0.3 is 0 Å². The summed E-state index contributed by atoms with van der Waals surface area (Å²) < 4.78 is 2.07. The molecule has 0 saturated heterocycles. The number of nitrogens with one attached hydrogen (secondary N) is 1. The number of rotatable bonds is 4. The third-order valence-corrected chi connectivity index (χ3v) is 3.16. The zero-order valence-electron chi connectivity index (χ0n) is 10.6. The Labute approximate surface area is 102 Å². The summed E-state index contributed by atoms with van der Waals surface area (Å²) in [6, 6.07) is 8.37. The van der Waals surface area contributed by atoms with E-state index in [1.165, 1.54) is 0 Å². The van der Waals surface area contributed by atoms with Crippen LogP contribution in [0.2, 0.25) is 0 Å². The maximum atomic E-state index is 5.77. The number of benzene rings is 1. The minimum absolute atomic E-state index is 0.255. The molecule has 4 heteroatoms. The van der Waals surface area contributed by atoms with Gasteiger partial charge in [0.1, 0.15) is 0 Å². The van der Waals surface area contributed by atoms with Crippen LogP contribution in [-0.4, -0.2) is 22.1 Å². The van der Waals surface area contributed by atoms with Crippen molar-refractivity contribution in [1.29, 1.82) is 0 Å². The van der Waals surface area contributed by atoms with Gasteiger partial charge in [-0.3, -0.25) is 0 Å². The lowest BCUT2D eigenvalue weighted by atomic mass is 10.1. The van der Waals surface area contributed by atoms with E-state index in [1.807, 2.05) is 25.2 Å². The molecular formula is C13H20N4. The van der Waals surface area contributed by atoms with Gasteiger partial charge in [-0.15, -0.1) is 0 Å². The fourth-order valence-electron chi connectivity index (χ4n) is 1.94. The molecule has 17 heavy (non-hydrogen) atoms. The summed E-state index contributed by atoms with van der Waals surface area (Å²) in [7, 11) is 2.02. The molecule has 1 heterocycles. The molecular weight excluding hydrogens is 212 g/mol. The molecule has 0 aliphatic carbocycles. The topological polar surface area (TPSA) is 55.9 Å². The lowest BCUT2D eigenvalue weighted by Crippen LogP contribution is -2.34. The SMILES string of the molecule is CC(C)C(CN)Nc1nc2ccccc2n1C. The highest BCUT2D eigenvalue weighted by Gasteiger charge is 2.14. The summed E-state index contributed by atoms with van der Waals surface area (Å²) in [5, 5.41) is 3.41. The highest BCUT2D eigenvalue weighted by molar-refractivity contribution is 5.78. The first kappa shape index (κ1) is 11.9. The van der Waals surface area contributed by atoms with Gasteiger partial charge in [-0.25, -0.2) is 4.98 Å². The number of aromatic nitrogens is 2. The van der Waals surface area contributed by atoms with Gasteiger partial charge in [-0.2, -0.15) is 0 Å². The van der Waals surface area contributed by atoms with E-state index in [-0.39, 0.29) is 6.04 Å². The molecule has 1 aromatic carbocycles. The van der Waals surface area contributed by atoms with Gasteiger partial charge in [0.05, 0.1) is 11.0 Å². The van der Waals surface area contributed by atoms with Gasteiger partial charge in [-0.05, 0) is 18.1 Å². The summed E-state index contributed by atoms with van der Waals surface area (Å²) >= 11 is 0. The molecule has 0 fully saturated rings. The van der Waals surface area contributed by atoms with E-state index in [4.69, 9.17) is 5.73 Å². The van der Waals surface area contributed by atoms with Crippen molar-refractivity contribution in [2.24, 2.45) is 18.7 Å². The Balaban J connectivity index is 2.33. The van der Waals surface area contributed by atoms with Crippen molar-refractivity contribution in [3.05, 3.63) is 24.3 Å². The molecule has 92 valence electrons. The van der Waals surface area contributed by atoms with Gasteiger partial charge in [0.2, 0.25) is 5.95 Å². The molecule has 0 aliphatic heterocycles. The number of nitrogens with two attached hydrogens (primary N) is 1. The maximum Gasteiger partial charge on any atom is 0.203 e. The molecule has 0 amide bonds. The fourth-order valence-corrected chi connectivity index (χ4v) is 1.94. The molecule has 2 aromatic rings. The van der Waals surface area contributed by atoms with E-state index >= 15 is 0 Å². The molecule has 1 atom stereocenters. The lowest BCUT2D eigenvalue weighted by Gasteiger charge is -2.20. The minimum Gasteiger partial charge on any atom is -0.351 e.